The third kappa shape index (κ3) is 4.19. The fourth-order valence-corrected chi connectivity index (χ4v) is 3.23. The Morgan fingerprint density at radius 2 is 1.88 bits per heavy atom. The van der Waals surface area contributed by atoms with Gasteiger partial charge in [0.15, 0.2) is 0 Å². The van der Waals surface area contributed by atoms with Crippen molar-refractivity contribution in [3.8, 4) is 0 Å². The normalized spacial score (nSPS) is 18.5. The lowest BCUT2D eigenvalue weighted by Crippen LogP contribution is -2.06. The molecule has 1 fully saturated rings. The standard InChI is InChI=1S/C15H20Cl2/c16-14(10-9-12-5-1-2-6-12)11-13-7-3-4-8-15(13)17/h3-4,7-8,12,14H,1-2,5-6,9-11H2. The molecule has 17 heavy (non-hydrogen) atoms. The molecule has 0 aliphatic heterocycles. The molecule has 0 aromatic heterocycles. The van der Waals surface area contributed by atoms with Gasteiger partial charge in [0, 0.05) is 10.4 Å². The number of hydrogen-bond acceptors (Lipinski definition) is 0. The molecule has 0 saturated heterocycles. The highest BCUT2D eigenvalue weighted by Gasteiger charge is 2.17. The molecule has 1 aliphatic rings. The Kier molecular flexibility index (Phi) is 5.18. The van der Waals surface area contributed by atoms with E-state index in [1.54, 1.807) is 0 Å². The molecule has 2 rings (SSSR count). The highest BCUT2D eigenvalue weighted by Crippen LogP contribution is 2.30. The largest absolute Gasteiger partial charge is 0.123 e. The summed E-state index contributed by atoms with van der Waals surface area (Å²) in [6.45, 7) is 0. The number of alkyl halides is 1. The van der Waals surface area contributed by atoms with Crippen LogP contribution in [0.5, 0.6) is 0 Å². The van der Waals surface area contributed by atoms with Gasteiger partial charge in [0.25, 0.3) is 0 Å². The predicted octanol–water partition coefficient (Wildman–Crippen LogP) is 5.46. The molecule has 1 unspecified atom stereocenters. The van der Waals surface area contributed by atoms with E-state index in [0.717, 1.165) is 23.8 Å². The highest BCUT2D eigenvalue weighted by atomic mass is 35.5. The maximum absolute atomic E-state index is 6.41. The van der Waals surface area contributed by atoms with Crippen LogP contribution in [0.15, 0.2) is 24.3 Å². The minimum Gasteiger partial charge on any atom is -0.123 e. The van der Waals surface area contributed by atoms with Crippen molar-refractivity contribution in [2.45, 2.75) is 50.3 Å². The van der Waals surface area contributed by atoms with Crippen molar-refractivity contribution in [2.75, 3.05) is 0 Å². The van der Waals surface area contributed by atoms with Crippen LogP contribution in [0.2, 0.25) is 5.02 Å². The molecule has 1 aliphatic carbocycles. The van der Waals surface area contributed by atoms with Crippen molar-refractivity contribution in [1.82, 2.24) is 0 Å². The minimum atomic E-state index is 0.232. The van der Waals surface area contributed by atoms with Crippen LogP contribution < -0.4 is 0 Å². The Labute approximate surface area is 114 Å². The van der Waals surface area contributed by atoms with E-state index in [1.165, 1.54) is 37.7 Å². The molecule has 1 saturated carbocycles. The smallest absolute Gasteiger partial charge is 0.0438 e. The fourth-order valence-electron chi connectivity index (χ4n) is 2.72. The SMILES string of the molecule is Clc1ccccc1CC(Cl)CCC1CCCC1. The van der Waals surface area contributed by atoms with Gasteiger partial charge < -0.3 is 0 Å². The van der Waals surface area contributed by atoms with Gasteiger partial charge in [-0.2, -0.15) is 0 Å². The van der Waals surface area contributed by atoms with Gasteiger partial charge in [-0.05, 0) is 36.8 Å². The lowest BCUT2D eigenvalue weighted by molar-refractivity contribution is 0.476. The first-order valence-electron chi connectivity index (χ1n) is 6.63. The van der Waals surface area contributed by atoms with Gasteiger partial charge in [0.05, 0.1) is 0 Å². The summed E-state index contributed by atoms with van der Waals surface area (Å²) >= 11 is 12.5. The Balaban J connectivity index is 1.76. The summed E-state index contributed by atoms with van der Waals surface area (Å²) in [4.78, 5) is 0. The number of halogens is 2. The van der Waals surface area contributed by atoms with Crippen LogP contribution in [0.4, 0.5) is 0 Å². The average molecular weight is 271 g/mol. The molecular formula is C15H20Cl2. The van der Waals surface area contributed by atoms with Crippen molar-refractivity contribution < 1.29 is 0 Å². The van der Waals surface area contributed by atoms with Crippen LogP contribution in [0.1, 0.15) is 44.1 Å². The van der Waals surface area contributed by atoms with E-state index < -0.39 is 0 Å². The molecule has 94 valence electrons. The summed E-state index contributed by atoms with van der Waals surface area (Å²) in [6.07, 6.45) is 8.97. The van der Waals surface area contributed by atoms with E-state index in [9.17, 15) is 0 Å². The van der Waals surface area contributed by atoms with Crippen LogP contribution in [0.25, 0.3) is 0 Å². The molecule has 0 nitrogen and oxygen atoms in total. The van der Waals surface area contributed by atoms with Gasteiger partial charge >= 0.3 is 0 Å². The first-order valence-corrected chi connectivity index (χ1v) is 7.44. The van der Waals surface area contributed by atoms with Gasteiger partial charge in [-0.15, -0.1) is 11.6 Å². The summed E-state index contributed by atoms with van der Waals surface area (Å²) in [5.74, 6) is 0.933. The van der Waals surface area contributed by atoms with Crippen LogP contribution in [0, 0.1) is 5.92 Å². The maximum atomic E-state index is 6.41. The quantitative estimate of drug-likeness (QED) is 0.624. The van der Waals surface area contributed by atoms with E-state index in [-0.39, 0.29) is 5.38 Å². The molecule has 1 atom stereocenters. The first kappa shape index (κ1) is 13.2. The number of benzene rings is 1. The second-order valence-corrected chi connectivity index (χ2v) is 6.15. The fraction of sp³-hybridized carbons (Fsp3) is 0.600. The third-order valence-electron chi connectivity index (χ3n) is 3.76. The zero-order valence-electron chi connectivity index (χ0n) is 10.2. The topological polar surface area (TPSA) is 0 Å². The van der Waals surface area contributed by atoms with Crippen LogP contribution in [0.3, 0.4) is 0 Å². The Hall–Kier alpha value is -0.200. The zero-order valence-corrected chi connectivity index (χ0v) is 11.7. The summed E-state index contributed by atoms with van der Waals surface area (Å²) in [6, 6.07) is 8.01. The van der Waals surface area contributed by atoms with Crippen molar-refractivity contribution in [3.63, 3.8) is 0 Å². The van der Waals surface area contributed by atoms with E-state index in [4.69, 9.17) is 23.2 Å². The summed E-state index contributed by atoms with van der Waals surface area (Å²) in [5.41, 5.74) is 1.18. The van der Waals surface area contributed by atoms with Gasteiger partial charge in [-0.3, -0.25) is 0 Å². The molecule has 0 N–H and O–H groups in total. The first-order chi connectivity index (χ1) is 8.25. The molecule has 2 heteroatoms. The van der Waals surface area contributed by atoms with E-state index in [2.05, 4.69) is 6.07 Å². The Morgan fingerprint density at radius 3 is 2.59 bits per heavy atom. The van der Waals surface area contributed by atoms with Crippen molar-refractivity contribution in [3.05, 3.63) is 34.9 Å². The van der Waals surface area contributed by atoms with Gasteiger partial charge in [0.2, 0.25) is 0 Å². The summed E-state index contributed by atoms with van der Waals surface area (Å²) in [5, 5.41) is 1.08. The second-order valence-electron chi connectivity index (χ2n) is 5.12. The lowest BCUT2D eigenvalue weighted by Gasteiger charge is -2.13. The van der Waals surface area contributed by atoms with Gasteiger partial charge in [-0.25, -0.2) is 0 Å². The lowest BCUT2D eigenvalue weighted by atomic mass is 9.98. The maximum Gasteiger partial charge on any atom is 0.0438 e. The van der Waals surface area contributed by atoms with Crippen molar-refractivity contribution in [2.24, 2.45) is 5.92 Å². The van der Waals surface area contributed by atoms with E-state index in [0.29, 0.717) is 0 Å². The number of hydrogen-bond donors (Lipinski definition) is 0. The third-order valence-corrected chi connectivity index (χ3v) is 4.50. The molecule has 1 aromatic carbocycles. The molecule has 1 aromatic rings. The molecular weight excluding hydrogens is 251 g/mol. The summed E-state index contributed by atoms with van der Waals surface area (Å²) in [7, 11) is 0. The summed E-state index contributed by atoms with van der Waals surface area (Å²) < 4.78 is 0. The molecule has 0 radical (unpaired) electrons. The zero-order chi connectivity index (χ0) is 12.1. The van der Waals surface area contributed by atoms with Gasteiger partial charge in [-0.1, -0.05) is 55.5 Å². The van der Waals surface area contributed by atoms with E-state index in [1.807, 2.05) is 18.2 Å². The van der Waals surface area contributed by atoms with Crippen LogP contribution in [-0.2, 0) is 6.42 Å². The number of rotatable bonds is 5. The Bertz CT molecular complexity index is 343. The van der Waals surface area contributed by atoms with E-state index >= 15 is 0 Å². The molecule has 0 bridgehead atoms. The van der Waals surface area contributed by atoms with Crippen LogP contribution in [-0.4, -0.2) is 5.38 Å². The average Bonchev–Trinajstić information content (AvgIpc) is 2.82. The van der Waals surface area contributed by atoms with Crippen LogP contribution >= 0.6 is 23.2 Å². The van der Waals surface area contributed by atoms with Gasteiger partial charge in [0.1, 0.15) is 0 Å². The van der Waals surface area contributed by atoms with Crippen molar-refractivity contribution >= 4 is 23.2 Å². The second kappa shape index (κ2) is 6.66. The molecule has 0 amide bonds. The Morgan fingerprint density at radius 1 is 1.18 bits per heavy atom. The highest BCUT2D eigenvalue weighted by molar-refractivity contribution is 6.31. The predicted molar refractivity (Wildman–Crippen MR) is 76.0 cm³/mol. The minimum absolute atomic E-state index is 0.232. The monoisotopic (exact) mass is 270 g/mol. The molecule has 0 heterocycles. The van der Waals surface area contributed by atoms with Crippen molar-refractivity contribution in [1.29, 1.82) is 0 Å². The molecule has 0 spiro atoms.